The van der Waals surface area contributed by atoms with Crippen molar-refractivity contribution in [1.29, 1.82) is 0 Å². The van der Waals surface area contributed by atoms with Crippen LogP contribution in [0.4, 0.5) is 0 Å². The van der Waals surface area contributed by atoms with E-state index >= 15 is 0 Å². The first kappa shape index (κ1) is 25.9. The van der Waals surface area contributed by atoms with Crippen LogP contribution in [0.15, 0.2) is 72.9 Å². The van der Waals surface area contributed by atoms with Gasteiger partial charge in [0.1, 0.15) is 11.6 Å². The highest BCUT2D eigenvalue weighted by atomic mass is 28.3. The fourth-order valence-electron chi connectivity index (χ4n) is 4.94. The van der Waals surface area contributed by atoms with Crippen LogP contribution >= 0.6 is 0 Å². The Kier molecular flexibility index (Phi) is 6.31. The molecule has 0 unspecified atom stereocenters. The van der Waals surface area contributed by atoms with Gasteiger partial charge in [-0.1, -0.05) is 69.9 Å². The summed E-state index contributed by atoms with van der Waals surface area (Å²) < 4.78 is 2.07. The number of imidazole rings is 1. The third kappa shape index (κ3) is 4.79. The van der Waals surface area contributed by atoms with Crippen LogP contribution in [0.5, 0.6) is 5.75 Å². The van der Waals surface area contributed by atoms with Crippen molar-refractivity contribution in [3.05, 3.63) is 84.1 Å². The summed E-state index contributed by atoms with van der Waals surface area (Å²) in [5.41, 5.74) is 9.26. The third-order valence-corrected chi connectivity index (χ3v) is 9.38. The second kappa shape index (κ2) is 9.24. The number of nitrogens with zero attached hydrogens (tertiary/aromatic N) is 3. The molecule has 5 heteroatoms. The first-order valence-corrected chi connectivity index (χ1v) is 16.7. The van der Waals surface area contributed by atoms with Crippen molar-refractivity contribution in [2.24, 2.45) is 7.05 Å². The van der Waals surface area contributed by atoms with Gasteiger partial charge in [0.25, 0.3) is 0 Å². The smallest absolute Gasteiger partial charge is 0.144 e. The van der Waals surface area contributed by atoms with Gasteiger partial charge < -0.3 is 9.67 Å². The minimum atomic E-state index is -1.48. The predicted molar refractivity (Wildman–Crippen MR) is 163 cm³/mol. The van der Waals surface area contributed by atoms with Crippen LogP contribution in [0.25, 0.3) is 44.8 Å². The minimum Gasteiger partial charge on any atom is -0.507 e. The van der Waals surface area contributed by atoms with Crippen LogP contribution in [0, 0.1) is 6.92 Å². The second-order valence-electron chi connectivity index (χ2n) is 12.4. The molecule has 0 amide bonds. The lowest BCUT2D eigenvalue weighted by Crippen LogP contribution is -2.37. The molecule has 0 fully saturated rings. The monoisotopic (exact) mass is 519 g/mol. The van der Waals surface area contributed by atoms with E-state index in [2.05, 4.69) is 93.5 Å². The van der Waals surface area contributed by atoms with E-state index < -0.39 is 8.07 Å². The average Bonchev–Trinajstić information content (AvgIpc) is 3.19. The number of phenols is 1. The molecule has 38 heavy (non-hydrogen) atoms. The van der Waals surface area contributed by atoms with Crippen LogP contribution in [0.3, 0.4) is 0 Å². The van der Waals surface area contributed by atoms with Gasteiger partial charge in [0.2, 0.25) is 0 Å². The number of para-hydroxylation sites is 1. The van der Waals surface area contributed by atoms with E-state index in [1.165, 1.54) is 10.8 Å². The van der Waals surface area contributed by atoms with Crippen LogP contribution in [-0.4, -0.2) is 27.7 Å². The molecule has 0 aliphatic carbocycles. The van der Waals surface area contributed by atoms with Crippen LogP contribution in [0.1, 0.15) is 31.9 Å². The summed E-state index contributed by atoms with van der Waals surface area (Å²) in [4.78, 5) is 9.88. The highest BCUT2D eigenvalue weighted by Gasteiger charge is 2.21. The molecular weight excluding hydrogens is 482 g/mol. The Labute approximate surface area is 227 Å². The molecule has 0 radical (unpaired) electrons. The molecular formula is C33H37N3OSi. The largest absolute Gasteiger partial charge is 0.507 e. The van der Waals surface area contributed by atoms with Gasteiger partial charge in [0, 0.05) is 24.4 Å². The lowest BCUT2D eigenvalue weighted by molar-refractivity contribution is 0.476. The summed E-state index contributed by atoms with van der Waals surface area (Å²) >= 11 is 0. The number of benzene rings is 3. The van der Waals surface area contributed by atoms with Crippen molar-refractivity contribution in [2.75, 3.05) is 0 Å². The molecule has 0 saturated carbocycles. The molecule has 0 aliphatic heterocycles. The van der Waals surface area contributed by atoms with Gasteiger partial charge in [-0.05, 0) is 71.5 Å². The Bertz CT molecular complexity index is 1670. The molecule has 3 aromatic carbocycles. The Morgan fingerprint density at radius 3 is 2.26 bits per heavy atom. The van der Waals surface area contributed by atoms with Gasteiger partial charge in [0.15, 0.2) is 0 Å². The number of pyridine rings is 1. The first-order chi connectivity index (χ1) is 17.8. The van der Waals surface area contributed by atoms with E-state index in [1.807, 2.05) is 32.3 Å². The van der Waals surface area contributed by atoms with Gasteiger partial charge in [0.05, 0.1) is 30.4 Å². The van der Waals surface area contributed by atoms with E-state index in [9.17, 15) is 5.11 Å². The molecule has 0 saturated heterocycles. The van der Waals surface area contributed by atoms with Gasteiger partial charge in [-0.2, -0.15) is 0 Å². The summed E-state index contributed by atoms with van der Waals surface area (Å²) in [6, 6.07) is 23.3. The van der Waals surface area contributed by atoms with Crippen molar-refractivity contribution in [2.45, 2.75) is 52.8 Å². The van der Waals surface area contributed by atoms with Crippen LogP contribution in [-0.2, 0) is 12.5 Å². The van der Waals surface area contributed by atoms with E-state index in [4.69, 9.17) is 9.97 Å². The summed E-state index contributed by atoms with van der Waals surface area (Å²) in [7, 11) is 0.532. The van der Waals surface area contributed by atoms with Crippen LogP contribution in [0.2, 0.25) is 19.6 Å². The lowest BCUT2D eigenvalue weighted by atomic mass is 9.83. The number of hydrogen-bond donors (Lipinski definition) is 1. The van der Waals surface area contributed by atoms with E-state index in [-0.39, 0.29) is 11.2 Å². The van der Waals surface area contributed by atoms with E-state index in [0.29, 0.717) is 0 Å². The second-order valence-corrected chi connectivity index (χ2v) is 17.5. The number of aromatic nitrogens is 3. The predicted octanol–water partition coefficient (Wildman–Crippen LogP) is 7.83. The Morgan fingerprint density at radius 2 is 1.58 bits per heavy atom. The van der Waals surface area contributed by atoms with Crippen molar-refractivity contribution < 1.29 is 5.11 Å². The zero-order valence-corrected chi connectivity index (χ0v) is 24.7. The Morgan fingerprint density at radius 1 is 0.842 bits per heavy atom. The zero-order valence-electron chi connectivity index (χ0n) is 23.7. The molecule has 2 heterocycles. The highest BCUT2D eigenvalue weighted by Crippen LogP contribution is 2.38. The average molecular weight is 520 g/mol. The number of hydrogen-bond acceptors (Lipinski definition) is 3. The fourth-order valence-corrected chi connectivity index (χ4v) is 6.08. The van der Waals surface area contributed by atoms with Gasteiger partial charge >= 0.3 is 0 Å². The topological polar surface area (TPSA) is 50.9 Å². The van der Waals surface area contributed by atoms with E-state index in [1.54, 1.807) is 6.07 Å². The molecule has 5 rings (SSSR count). The zero-order chi connectivity index (χ0) is 27.4. The maximum atomic E-state index is 10.7. The van der Waals surface area contributed by atoms with Gasteiger partial charge in [-0.3, -0.25) is 4.98 Å². The number of phenolic OH excluding ortho intramolecular Hbond substituents is 1. The molecule has 4 nitrogen and oxygen atoms in total. The summed E-state index contributed by atoms with van der Waals surface area (Å²) in [6.45, 7) is 15.8. The molecule has 2 aromatic heterocycles. The van der Waals surface area contributed by atoms with Crippen LogP contribution < -0.4 is 5.19 Å². The SMILES string of the molecule is Cc1ccc(-c2nc3c(-c4cc(-c5cc([Si](C)(C)C)ccn5)cc(C(C)(C)C)c4)cccc3n2C)c(O)c1. The van der Waals surface area contributed by atoms with Crippen molar-refractivity contribution in [1.82, 2.24) is 14.5 Å². The van der Waals surface area contributed by atoms with Crippen molar-refractivity contribution in [3.8, 4) is 39.5 Å². The van der Waals surface area contributed by atoms with E-state index in [0.717, 1.165) is 50.4 Å². The summed E-state index contributed by atoms with van der Waals surface area (Å²) in [5, 5.41) is 12.1. The molecule has 194 valence electrons. The standard InChI is InChI=1S/C33H37N3OSi/c1-21-12-13-27(30(37)16-21)32-35-31-26(10-9-11-29(31)36(32)5)22-17-23(19-24(18-22)33(2,3)4)28-20-25(14-15-34-28)38(6,7)8/h9-20,37H,1-8H3. The number of aryl methyl sites for hydroxylation is 2. The maximum Gasteiger partial charge on any atom is 0.144 e. The normalized spacial score (nSPS) is 12.3. The molecule has 1 N–H and O–H groups in total. The van der Waals surface area contributed by atoms with Gasteiger partial charge in [-0.15, -0.1) is 0 Å². The van der Waals surface area contributed by atoms with Gasteiger partial charge in [-0.25, -0.2) is 4.98 Å². The molecule has 0 spiro atoms. The molecule has 0 aliphatic rings. The summed E-state index contributed by atoms with van der Waals surface area (Å²) in [6.07, 6.45) is 1.95. The molecule has 0 atom stereocenters. The highest BCUT2D eigenvalue weighted by molar-refractivity contribution is 6.88. The molecule has 0 bridgehead atoms. The first-order valence-electron chi connectivity index (χ1n) is 13.2. The minimum absolute atomic E-state index is 0.0298. The lowest BCUT2D eigenvalue weighted by Gasteiger charge is -2.22. The number of rotatable bonds is 4. The number of aromatic hydroxyl groups is 1. The number of fused-ring (bicyclic) bond motifs is 1. The molecule has 5 aromatic rings. The summed E-state index contributed by atoms with van der Waals surface area (Å²) in [5.74, 6) is 0.997. The van der Waals surface area contributed by atoms with Crippen molar-refractivity contribution in [3.63, 3.8) is 0 Å². The Balaban J connectivity index is 1.73. The maximum absolute atomic E-state index is 10.7. The Hall–Kier alpha value is -3.70. The fraction of sp³-hybridized carbons (Fsp3) is 0.273. The third-order valence-electron chi connectivity index (χ3n) is 7.34. The van der Waals surface area contributed by atoms with Crippen molar-refractivity contribution >= 4 is 24.3 Å². The quantitative estimate of drug-likeness (QED) is 0.246.